The molecule has 116 valence electrons. The van der Waals surface area contributed by atoms with Crippen LogP contribution in [0.5, 0.6) is 0 Å². The minimum atomic E-state index is -0.737. The summed E-state index contributed by atoms with van der Waals surface area (Å²) in [5, 5.41) is 13.2. The van der Waals surface area contributed by atoms with Crippen molar-refractivity contribution >= 4 is 21.7 Å². The Labute approximate surface area is 138 Å². The number of aromatic nitrogens is 1. The first-order chi connectivity index (χ1) is 10.7. The van der Waals surface area contributed by atoms with Crippen LogP contribution in [0.3, 0.4) is 0 Å². The van der Waals surface area contributed by atoms with Crippen molar-refractivity contribution in [3.8, 4) is 0 Å². The molecule has 0 spiro atoms. The highest BCUT2D eigenvalue weighted by Gasteiger charge is 2.30. The fourth-order valence-electron chi connectivity index (χ4n) is 2.44. The van der Waals surface area contributed by atoms with E-state index in [1.54, 1.807) is 6.20 Å². The van der Waals surface area contributed by atoms with Crippen molar-refractivity contribution in [3.05, 3.63) is 58.7 Å². The van der Waals surface area contributed by atoms with Crippen LogP contribution in [0, 0.1) is 0 Å². The molecule has 6 heteroatoms. The molecule has 1 aromatic carbocycles. The number of halogens is 1. The Morgan fingerprint density at radius 1 is 1.27 bits per heavy atom. The van der Waals surface area contributed by atoms with Crippen LogP contribution in [0.15, 0.2) is 53.1 Å². The van der Waals surface area contributed by atoms with Gasteiger partial charge in [0.05, 0.1) is 19.3 Å². The summed E-state index contributed by atoms with van der Waals surface area (Å²) in [6.07, 6.45) is 0.986. The van der Waals surface area contributed by atoms with E-state index in [1.807, 2.05) is 47.4 Å². The van der Waals surface area contributed by atoms with Crippen LogP contribution in [0.25, 0.3) is 0 Å². The Balaban J connectivity index is 1.51. The number of nitrogens with one attached hydrogen (secondary N) is 1. The van der Waals surface area contributed by atoms with Crippen LogP contribution >= 0.6 is 15.9 Å². The van der Waals surface area contributed by atoms with E-state index in [9.17, 15) is 5.11 Å². The average Bonchev–Trinajstić information content (AvgIpc) is 2.90. The van der Waals surface area contributed by atoms with Gasteiger partial charge in [0.1, 0.15) is 5.82 Å². The number of rotatable bonds is 5. The van der Waals surface area contributed by atoms with Gasteiger partial charge in [-0.15, -0.1) is 0 Å². The molecular formula is C16H18BrN3O2. The Bertz CT molecular complexity index is 594. The van der Waals surface area contributed by atoms with E-state index in [0.717, 1.165) is 15.9 Å². The molecule has 0 aliphatic carbocycles. The standard InChI is InChI=1S/C16H18BrN3O2/c17-13-6-7-15(18-8-13)20-9-14(19-16(20)21)11-22-10-12-4-2-1-3-5-12/h1-8,14,16,19,21H,9-11H2/t14-,16?/m0/s1. The summed E-state index contributed by atoms with van der Waals surface area (Å²) in [7, 11) is 0. The van der Waals surface area contributed by atoms with Gasteiger partial charge in [0.25, 0.3) is 0 Å². The highest BCUT2D eigenvalue weighted by atomic mass is 79.9. The lowest BCUT2D eigenvalue weighted by molar-refractivity contribution is 0.0912. The molecule has 2 heterocycles. The minimum Gasteiger partial charge on any atom is -0.375 e. The van der Waals surface area contributed by atoms with Crippen molar-refractivity contribution in [2.45, 2.75) is 19.0 Å². The topological polar surface area (TPSA) is 57.6 Å². The molecule has 0 saturated carbocycles. The summed E-state index contributed by atoms with van der Waals surface area (Å²) in [5.74, 6) is 0.744. The van der Waals surface area contributed by atoms with Crippen molar-refractivity contribution in [2.24, 2.45) is 0 Å². The third-order valence-corrected chi connectivity index (χ3v) is 4.00. The van der Waals surface area contributed by atoms with Gasteiger partial charge < -0.3 is 14.7 Å². The molecule has 3 rings (SSSR count). The van der Waals surface area contributed by atoms with E-state index in [4.69, 9.17) is 4.74 Å². The van der Waals surface area contributed by atoms with Gasteiger partial charge in [0.2, 0.25) is 0 Å². The normalized spacial score (nSPS) is 21.3. The van der Waals surface area contributed by atoms with Gasteiger partial charge >= 0.3 is 0 Å². The number of benzene rings is 1. The lowest BCUT2D eigenvalue weighted by Crippen LogP contribution is -2.37. The van der Waals surface area contributed by atoms with Gasteiger partial charge in [0.15, 0.2) is 6.35 Å². The minimum absolute atomic E-state index is 0.0733. The van der Waals surface area contributed by atoms with Crippen LogP contribution in [-0.4, -0.2) is 35.6 Å². The molecule has 1 aliphatic heterocycles. The Kier molecular flexibility index (Phi) is 5.04. The van der Waals surface area contributed by atoms with E-state index < -0.39 is 6.35 Å². The van der Waals surface area contributed by atoms with Crippen LogP contribution in [0.1, 0.15) is 5.56 Å². The SMILES string of the molecule is OC1N[C@H](COCc2ccccc2)CN1c1ccc(Br)cn1. The number of pyridine rings is 1. The first-order valence-electron chi connectivity index (χ1n) is 7.16. The zero-order valence-electron chi connectivity index (χ0n) is 12.0. The van der Waals surface area contributed by atoms with Crippen molar-refractivity contribution < 1.29 is 9.84 Å². The van der Waals surface area contributed by atoms with E-state index in [2.05, 4.69) is 26.2 Å². The summed E-state index contributed by atoms with van der Waals surface area (Å²) >= 11 is 3.36. The molecule has 2 N–H and O–H groups in total. The summed E-state index contributed by atoms with van der Waals surface area (Å²) in [6, 6.07) is 13.9. The molecule has 2 aromatic rings. The van der Waals surface area contributed by atoms with Gasteiger partial charge in [-0.3, -0.25) is 5.32 Å². The zero-order chi connectivity index (χ0) is 15.4. The summed E-state index contributed by atoms with van der Waals surface area (Å²) in [5.41, 5.74) is 1.15. The Hall–Kier alpha value is -1.47. The van der Waals surface area contributed by atoms with Gasteiger partial charge in [-0.2, -0.15) is 0 Å². The van der Waals surface area contributed by atoms with Gasteiger partial charge in [-0.1, -0.05) is 30.3 Å². The highest BCUT2D eigenvalue weighted by Crippen LogP contribution is 2.19. The van der Waals surface area contributed by atoms with E-state index in [-0.39, 0.29) is 6.04 Å². The van der Waals surface area contributed by atoms with Crippen molar-refractivity contribution in [3.63, 3.8) is 0 Å². The molecular weight excluding hydrogens is 346 g/mol. The van der Waals surface area contributed by atoms with E-state index >= 15 is 0 Å². The van der Waals surface area contributed by atoms with Crippen LogP contribution in [0.4, 0.5) is 5.82 Å². The van der Waals surface area contributed by atoms with Crippen molar-refractivity contribution in [1.82, 2.24) is 10.3 Å². The van der Waals surface area contributed by atoms with Crippen molar-refractivity contribution in [1.29, 1.82) is 0 Å². The quantitative estimate of drug-likeness (QED) is 0.851. The van der Waals surface area contributed by atoms with Gasteiger partial charge in [-0.25, -0.2) is 4.98 Å². The maximum atomic E-state index is 10.1. The van der Waals surface area contributed by atoms with Crippen LogP contribution < -0.4 is 10.2 Å². The second kappa shape index (κ2) is 7.19. The molecule has 1 aliphatic rings. The zero-order valence-corrected chi connectivity index (χ0v) is 13.6. The molecule has 1 saturated heterocycles. The number of nitrogens with zero attached hydrogens (tertiary/aromatic N) is 2. The molecule has 0 radical (unpaired) electrons. The largest absolute Gasteiger partial charge is 0.375 e. The average molecular weight is 364 g/mol. The van der Waals surface area contributed by atoms with Crippen molar-refractivity contribution in [2.75, 3.05) is 18.1 Å². The molecule has 1 aromatic heterocycles. The maximum Gasteiger partial charge on any atom is 0.185 e. The second-order valence-corrected chi connectivity index (χ2v) is 6.14. The maximum absolute atomic E-state index is 10.1. The predicted octanol–water partition coefficient (Wildman–Crippen LogP) is 2.11. The summed E-state index contributed by atoms with van der Waals surface area (Å²) in [4.78, 5) is 6.13. The Morgan fingerprint density at radius 3 is 2.82 bits per heavy atom. The fourth-order valence-corrected chi connectivity index (χ4v) is 2.68. The highest BCUT2D eigenvalue weighted by molar-refractivity contribution is 9.10. The molecule has 5 nitrogen and oxygen atoms in total. The number of hydrogen-bond donors (Lipinski definition) is 2. The number of hydrogen-bond acceptors (Lipinski definition) is 5. The number of anilines is 1. The smallest absolute Gasteiger partial charge is 0.185 e. The first kappa shape index (κ1) is 15.4. The summed E-state index contributed by atoms with van der Waals surface area (Å²) < 4.78 is 6.64. The number of ether oxygens (including phenoxy) is 1. The van der Waals surface area contributed by atoms with Gasteiger partial charge in [0, 0.05) is 17.2 Å². The fraction of sp³-hybridized carbons (Fsp3) is 0.312. The third-order valence-electron chi connectivity index (χ3n) is 3.53. The monoisotopic (exact) mass is 363 g/mol. The second-order valence-electron chi connectivity index (χ2n) is 5.22. The molecule has 0 bridgehead atoms. The van der Waals surface area contributed by atoms with Crippen LogP contribution in [-0.2, 0) is 11.3 Å². The van der Waals surface area contributed by atoms with Crippen LogP contribution in [0.2, 0.25) is 0 Å². The molecule has 1 fully saturated rings. The molecule has 1 unspecified atom stereocenters. The number of aliphatic hydroxyl groups excluding tert-OH is 1. The van der Waals surface area contributed by atoms with Gasteiger partial charge in [-0.05, 0) is 33.6 Å². The molecule has 0 amide bonds. The summed E-state index contributed by atoms with van der Waals surface area (Å²) in [6.45, 7) is 1.77. The predicted molar refractivity (Wildman–Crippen MR) is 88.3 cm³/mol. The van der Waals surface area contributed by atoms with E-state index in [0.29, 0.717) is 19.8 Å². The molecule has 2 atom stereocenters. The van der Waals surface area contributed by atoms with E-state index in [1.165, 1.54) is 0 Å². The number of aliphatic hydroxyl groups is 1. The third kappa shape index (κ3) is 3.84. The Morgan fingerprint density at radius 2 is 2.09 bits per heavy atom. The lowest BCUT2D eigenvalue weighted by Gasteiger charge is -2.20. The first-order valence-corrected chi connectivity index (χ1v) is 7.95. The lowest BCUT2D eigenvalue weighted by atomic mass is 10.2. The molecule has 22 heavy (non-hydrogen) atoms.